The van der Waals surface area contributed by atoms with Crippen LogP contribution in [0.1, 0.15) is 11.5 Å². The first-order valence-corrected chi connectivity index (χ1v) is 2.88. The summed E-state index contributed by atoms with van der Waals surface area (Å²) in [4.78, 5) is 3.93. The molecule has 0 aliphatic rings. The third-order valence-electron chi connectivity index (χ3n) is 1.18. The Morgan fingerprint density at radius 2 is 2.56 bits per heavy atom. The Morgan fingerprint density at radius 1 is 1.78 bits per heavy atom. The Balaban J connectivity index is 2.69. The molecule has 0 radical (unpaired) electrons. The van der Waals surface area contributed by atoms with Crippen LogP contribution in [0, 0.1) is 6.92 Å². The summed E-state index contributed by atoms with van der Waals surface area (Å²) in [5, 5.41) is 2.98. The zero-order chi connectivity index (χ0) is 6.69. The van der Waals surface area contributed by atoms with E-state index in [1.807, 2.05) is 14.0 Å². The van der Waals surface area contributed by atoms with Crippen molar-refractivity contribution >= 4 is 0 Å². The topological polar surface area (TPSA) is 38.1 Å². The maximum Gasteiger partial charge on any atom is 0.181 e. The number of oxazole rings is 1. The zero-order valence-electron chi connectivity index (χ0n) is 5.64. The number of nitrogens with one attached hydrogen (secondary N) is 1. The van der Waals surface area contributed by atoms with Crippen molar-refractivity contribution < 1.29 is 4.42 Å². The van der Waals surface area contributed by atoms with Gasteiger partial charge in [-0.05, 0) is 14.0 Å². The second-order valence-electron chi connectivity index (χ2n) is 1.89. The van der Waals surface area contributed by atoms with Gasteiger partial charge in [-0.25, -0.2) is 4.98 Å². The van der Waals surface area contributed by atoms with Crippen LogP contribution >= 0.6 is 0 Å². The maximum atomic E-state index is 5.03. The smallest absolute Gasteiger partial charge is 0.181 e. The number of nitrogens with zero attached hydrogens (tertiary/aromatic N) is 1. The molecule has 0 aliphatic carbocycles. The van der Waals surface area contributed by atoms with Gasteiger partial charge in [-0.15, -0.1) is 0 Å². The predicted octanol–water partition coefficient (Wildman–Crippen LogP) is 0.702. The van der Waals surface area contributed by atoms with E-state index in [4.69, 9.17) is 4.42 Å². The Kier molecular flexibility index (Phi) is 1.85. The molecule has 0 aliphatic heterocycles. The van der Waals surface area contributed by atoms with Crippen LogP contribution in [-0.2, 0) is 6.54 Å². The van der Waals surface area contributed by atoms with E-state index in [-0.39, 0.29) is 0 Å². The predicted molar refractivity (Wildman–Crippen MR) is 34.0 cm³/mol. The van der Waals surface area contributed by atoms with E-state index in [1.165, 1.54) is 6.39 Å². The Hall–Kier alpha value is -0.830. The fourth-order valence-electron chi connectivity index (χ4n) is 0.656. The Morgan fingerprint density at radius 3 is 3.00 bits per heavy atom. The average molecular weight is 126 g/mol. The van der Waals surface area contributed by atoms with E-state index < -0.39 is 0 Å². The summed E-state index contributed by atoms with van der Waals surface area (Å²) < 4.78 is 5.03. The molecule has 50 valence electrons. The fraction of sp³-hybridized carbons (Fsp3) is 0.500. The number of hydrogen-bond acceptors (Lipinski definition) is 3. The molecule has 0 spiro atoms. The lowest BCUT2D eigenvalue weighted by Crippen LogP contribution is -2.04. The molecule has 0 fully saturated rings. The summed E-state index contributed by atoms with van der Waals surface area (Å²) in [6, 6.07) is 0. The molecule has 1 rings (SSSR count). The summed E-state index contributed by atoms with van der Waals surface area (Å²) in [5.41, 5.74) is 0.962. The second-order valence-corrected chi connectivity index (χ2v) is 1.89. The summed E-state index contributed by atoms with van der Waals surface area (Å²) >= 11 is 0. The van der Waals surface area contributed by atoms with Crippen molar-refractivity contribution in [2.24, 2.45) is 0 Å². The molecule has 0 bridgehead atoms. The van der Waals surface area contributed by atoms with E-state index in [0.29, 0.717) is 0 Å². The highest BCUT2D eigenvalue weighted by Gasteiger charge is 1.98. The average Bonchev–Trinajstić information content (AvgIpc) is 2.18. The molecule has 1 aromatic heterocycles. The monoisotopic (exact) mass is 126 g/mol. The largest absolute Gasteiger partial charge is 0.447 e. The Labute approximate surface area is 54.1 Å². The molecular formula is C6H10N2O. The van der Waals surface area contributed by atoms with Crippen molar-refractivity contribution in [3.63, 3.8) is 0 Å². The van der Waals surface area contributed by atoms with Crippen LogP contribution in [-0.4, -0.2) is 12.0 Å². The lowest BCUT2D eigenvalue weighted by atomic mass is 10.4. The van der Waals surface area contributed by atoms with Gasteiger partial charge < -0.3 is 9.73 Å². The van der Waals surface area contributed by atoms with Gasteiger partial charge in [-0.1, -0.05) is 0 Å². The van der Waals surface area contributed by atoms with Gasteiger partial charge >= 0.3 is 0 Å². The first-order chi connectivity index (χ1) is 4.34. The molecule has 0 unspecified atom stereocenters. The van der Waals surface area contributed by atoms with Gasteiger partial charge in [0.05, 0.1) is 12.2 Å². The van der Waals surface area contributed by atoms with Crippen LogP contribution in [0.15, 0.2) is 10.8 Å². The second kappa shape index (κ2) is 2.64. The van der Waals surface area contributed by atoms with E-state index in [9.17, 15) is 0 Å². The first-order valence-electron chi connectivity index (χ1n) is 2.88. The van der Waals surface area contributed by atoms with Crippen molar-refractivity contribution in [1.82, 2.24) is 10.3 Å². The molecule has 3 heteroatoms. The minimum Gasteiger partial charge on any atom is -0.447 e. The highest BCUT2D eigenvalue weighted by atomic mass is 16.3. The van der Waals surface area contributed by atoms with Crippen LogP contribution in [0.25, 0.3) is 0 Å². The van der Waals surface area contributed by atoms with Crippen LogP contribution < -0.4 is 5.32 Å². The first kappa shape index (κ1) is 6.29. The van der Waals surface area contributed by atoms with Gasteiger partial charge in [0, 0.05) is 0 Å². The summed E-state index contributed by atoms with van der Waals surface area (Å²) in [6.45, 7) is 2.68. The summed E-state index contributed by atoms with van der Waals surface area (Å²) in [7, 11) is 1.88. The van der Waals surface area contributed by atoms with Crippen LogP contribution in [0.2, 0.25) is 0 Å². The molecule has 1 heterocycles. The summed E-state index contributed by atoms with van der Waals surface area (Å²) in [6.07, 6.45) is 1.46. The molecule has 3 nitrogen and oxygen atoms in total. The molecule has 1 aromatic rings. The zero-order valence-corrected chi connectivity index (χ0v) is 5.64. The minimum absolute atomic E-state index is 0.756. The minimum atomic E-state index is 0.756. The van der Waals surface area contributed by atoms with Crippen molar-refractivity contribution in [2.75, 3.05) is 7.05 Å². The summed E-state index contributed by atoms with van der Waals surface area (Å²) in [5.74, 6) is 0.914. The van der Waals surface area contributed by atoms with Crippen molar-refractivity contribution in [3.05, 3.63) is 17.8 Å². The lowest BCUT2D eigenvalue weighted by molar-refractivity contribution is 0.488. The molecule has 0 aromatic carbocycles. The van der Waals surface area contributed by atoms with Crippen LogP contribution in [0.3, 0.4) is 0 Å². The maximum absolute atomic E-state index is 5.03. The highest BCUT2D eigenvalue weighted by Crippen LogP contribution is 2.02. The molecule has 0 saturated carbocycles. The fourth-order valence-corrected chi connectivity index (χ4v) is 0.656. The van der Waals surface area contributed by atoms with Gasteiger partial charge in [0.25, 0.3) is 0 Å². The standard InChI is InChI=1S/C6H10N2O/c1-5-6(3-7-2)9-4-8-5/h4,7H,3H2,1-2H3. The normalized spacial score (nSPS) is 10.0. The van der Waals surface area contributed by atoms with Gasteiger partial charge in [-0.2, -0.15) is 0 Å². The van der Waals surface area contributed by atoms with Gasteiger partial charge in [0.15, 0.2) is 6.39 Å². The third kappa shape index (κ3) is 1.29. The van der Waals surface area contributed by atoms with E-state index in [2.05, 4.69) is 10.3 Å². The molecule has 1 N–H and O–H groups in total. The molecule has 0 atom stereocenters. The molecule has 0 saturated heterocycles. The van der Waals surface area contributed by atoms with E-state index >= 15 is 0 Å². The number of hydrogen-bond donors (Lipinski definition) is 1. The SMILES string of the molecule is CNCc1ocnc1C. The molecule has 0 amide bonds. The molecular weight excluding hydrogens is 116 g/mol. The van der Waals surface area contributed by atoms with Crippen molar-refractivity contribution in [3.8, 4) is 0 Å². The third-order valence-corrected chi connectivity index (χ3v) is 1.18. The highest BCUT2D eigenvalue weighted by molar-refractivity contribution is 5.03. The van der Waals surface area contributed by atoms with Gasteiger partial charge in [0.1, 0.15) is 5.76 Å². The van der Waals surface area contributed by atoms with Gasteiger partial charge in [0.2, 0.25) is 0 Å². The van der Waals surface area contributed by atoms with Crippen LogP contribution in [0.4, 0.5) is 0 Å². The lowest BCUT2D eigenvalue weighted by Gasteiger charge is -1.91. The number of aryl methyl sites for hydroxylation is 1. The van der Waals surface area contributed by atoms with Crippen molar-refractivity contribution in [2.45, 2.75) is 13.5 Å². The molecule has 9 heavy (non-hydrogen) atoms. The van der Waals surface area contributed by atoms with E-state index in [0.717, 1.165) is 18.0 Å². The van der Waals surface area contributed by atoms with E-state index in [1.54, 1.807) is 0 Å². The quantitative estimate of drug-likeness (QED) is 0.634. The van der Waals surface area contributed by atoms with Crippen molar-refractivity contribution in [1.29, 1.82) is 0 Å². The number of rotatable bonds is 2. The number of aromatic nitrogens is 1. The van der Waals surface area contributed by atoms with Gasteiger partial charge in [-0.3, -0.25) is 0 Å². The van der Waals surface area contributed by atoms with Crippen LogP contribution in [0.5, 0.6) is 0 Å². The Bertz CT molecular complexity index is 183.